The number of carbonyl (C=O) groups excluding carboxylic acids is 2. The third-order valence-electron chi connectivity index (χ3n) is 3.22. The molecule has 2 rings (SSSR count). The van der Waals surface area contributed by atoms with E-state index >= 15 is 0 Å². The lowest BCUT2D eigenvalue weighted by Gasteiger charge is -2.12. The Balaban J connectivity index is 1.69. The smallest absolute Gasteiger partial charge is 0.276 e. The molecule has 0 aliphatic rings. The van der Waals surface area contributed by atoms with E-state index in [4.69, 9.17) is 17.0 Å². The largest absolute Gasteiger partial charge is 0.483 e. The van der Waals surface area contributed by atoms with E-state index < -0.39 is 5.91 Å². The van der Waals surface area contributed by atoms with E-state index in [1.165, 1.54) is 0 Å². The number of thiocarbonyl (C=S) groups is 1. The summed E-state index contributed by atoms with van der Waals surface area (Å²) in [4.78, 5) is 23.7. The lowest BCUT2D eigenvalue weighted by molar-refractivity contribution is -0.124. The van der Waals surface area contributed by atoms with Crippen molar-refractivity contribution in [3.8, 4) is 5.75 Å². The summed E-state index contributed by atoms with van der Waals surface area (Å²) in [7, 11) is 0. The molecule has 2 amide bonds. The van der Waals surface area contributed by atoms with Gasteiger partial charge in [-0.3, -0.25) is 20.4 Å². The van der Waals surface area contributed by atoms with Gasteiger partial charge in [0, 0.05) is 0 Å². The van der Waals surface area contributed by atoms with Crippen molar-refractivity contribution < 1.29 is 14.3 Å². The van der Waals surface area contributed by atoms with Crippen LogP contribution in [0.4, 0.5) is 0 Å². The van der Waals surface area contributed by atoms with Crippen LogP contribution in [0.25, 0.3) is 0 Å². The summed E-state index contributed by atoms with van der Waals surface area (Å²) >= 11 is 8.34. The van der Waals surface area contributed by atoms with Crippen molar-refractivity contribution in [2.45, 2.75) is 13.3 Å². The minimum absolute atomic E-state index is 0.01000. The Morgan fingerprint density at radius 3 is 2.50 bits per heavy atom. The number of hydrogen-bond acceptors (Lipinski definition) is 4. The van der Waals surface area contributed by atoms with Crippen molar-refractivity contribution in [3.63, 3.8) is 0 Å². The highest BCUT2D eigenvalue weighted by Crippen LogP contribution is 2.25. The highest BCUT2D eigenvalue weighted by molar-refractivity contribution is 9.10. The van der Waals surface area contributed by atoms with E-state index in [-0.39, 0.29) is 24.0 Å². The fraction of sp³-hybridized carbons (Fsp3) is 0.167. The summed E-state index contributed by atoms with van der Waals surface area (Å²) in [5.41, 5.74) is 6.78. The Morgan fingerprint density at radius 1 is 1.08 bits per heavy atom. The van der Waals surface area contributed by atoms with E-state index in [0.717, 1.165) is 15.6 Å². The Kier molecular flexibility index (Phi) is 7.55. The highest BCUT2D eigenvalue weighted by Gasteiger charge is 2.08. The first-order valence-corrected chi connectivity index (χ1v) is 8.95. The molecule has 8 heteroatoms. The molecule has 0 spiro atoms. The number of ether oxygens (including phenoxy) is 1. The molecule has 0 radical (unpaired) electrons. The third kappa shape index (κ3) is 6.81. The van der Waals surface area contributed by atoms with E-state index in [9.17, 15) is 9.59 Å². The summed E-state index contributed by atoms with van der Waals surface area (Å²) in [5, 5.41) is 2.50. The fourth-order valence-electron chi connectivity index (χ4n) is 2.01. The molecule has 0 unspecified atom stereocenters. The predicted molar refractivity (Wildman–Crippen MR) is 107 cm³/mol. The molecular formula is C18H18BrN3O3S. The van der Waals surface area contributed by atoms with Crippen molar-refractivity contribution in [2.24, 2.45) is 0 Å². The maximum atomic E-state index is 11.9. The molecule has 0 heterocycles. The number of amides is 2. The molecule has 0 aliphatic carbocycles. The number of carbonyl (C=O) groups is 2. The van der Waals surface area contributed by atoms with Gasteiger partial charge in [-0.2, -0.15) is 0 Å². The van der Waals surface area contributed by atoms with Gasteiger partial charge in [0.05, 0.1) is 10.9 Å². The Labute approximate surface area is 165 Å². The lowest BCUT2D eigenvalue weighted by Crippen LogP contribution is -2.49. The van der Waals surface area contributed by atoms with Crippen LogP contribution < -0.4 is 20.9 Å². The summed E-state index contributed by atoms with van der Waals surface area (Å²) in [6, 6.07) is 14.8. The molecule has 0 fully saturated rings. The average Bonchev–Trinajstić information content (AvgIpc) is 2.60. The van der Waals surface area contributed by atoms with Crippen molar-refractivity contribution >= 4 is 45.1 Å². The maximum absolute atomic E-state index is 11.9. The number of hydrogen-bond donors (Lipinski definition) is 3. The third-order valence-corrected chi connectivity index (χ3v) is 4.05. The second-order valence-corrected chi connectivity index (χ2v) is 6.70. The monoisotopic (exact) mass is 435 g/mol. The quantitative estimate of drug-likeness (QED) is 0.496. The standard InChI is InChI=1S/C18H18BrN3O3S/c1-12-7-8-15(14(19)9-12)25-11-17(24)21-22-18(26)20-16(23)10-13-5-3-2-4-6-13/h2-9H,10-11H2,1H3,(H,21,24)(H2,20,22,23,26). The topological polar surface area (TPSA) is 79.5 Å². The molecule has 26 heavy (non-hydrogen) atoms. The van der Waals surface area contributed by atoms with Gasteiger partial charge in [0.25, 0.3) is 5.91 Å². The molecule has 3 N–H and O–H groups in total. The van der Waals surface area contributed by atoms with Crippen LogP contribution >= 0.6 is 28.1 Å². The van der Waals surface area contributed by atoms with Gasteiger partial charge in [-0.15, -0.1) is 0 Å². The van der Waals surface area contributed by atoms with Crippen LogP contribution in [0, 0.1) is 6.92 Å². The number of rotatable bonds is 5. The Bertz CT molecular complexity index is 800. The number of benzene rings is 2. The summed E-state index contributed by atoms with van der Waals surface area (Å²) in [5.74, 6) is -0.149. The minimum Gasteiger partial charge on any atom is -0.483 e. The predicted octanol–water partition coefficient (Wildman–Crippen LogP) is 2.40. The second kappa shape index (κ2) is 9.88. The normalized spacial score (nSPS) is 9.92. The Morgan fingerprint density at radius 2 is 1.81 bits per heavy atom. The van der Waals surface area contributed by atoms with Gasteiger partial charge >= 0.3 is 0 Å². The van der Waals surface area contributed by atoms with Gasteiger partial charge in [-0.25, -0.2) is 0 Å². The van der Waals surface area contributed by atoms with Crippen LogP contribution in [0.3, 0.4) is 0 Å². The fourth-order valence-corrected chi connectivity index (χ4v) is 2.78. The van der Waals surface area contributed by atoms with E-state index in [1.54, 1.807) is 6.07 Å². The molecule has 2 aromatic carbocycles. The average molecular weight is 436 g/mol. The highest BCUT2D eigenvalue weighted by atomic mass is 79.9. The molecule has 6 nitrogen and oxygen atoms in total. The molecule has 0 aromatic heterocycles. The number of nitrogens with one attached hydrogen (secondary N) is 3. The molecular weight excluding hydrogens is 418 g/mol. The molecule has 0 saturated carbocycles. The Hall–Kier alpha value is -2.45. The molecule has 2 aromatic rings. The van der Waals surface area contributed by atoms with Gasteiger partial charge in [0.2, 0.25) is 5.91 Å². The van der Waals surface area contributed by atoms with Gasteiger partial charge in [-0.05, 0) is 58.3 Å². The van der Waals surface area contributed by atoms with Crippen LogP contribution in [0.2, 0.25) is 0 Å². The zero-order valence-corrected chi connectivity index (χ0v) is 16.4. The molecule has 136 valence electrons. The van der Waals surface area contributed by atoms with Gasteiger partial charge < -0.3 is 10.1 Å². The first-order valence-electron chi connectivity index (χ1n) is 7.75. The van der Waals surface area contributed by atoms with E-state index in [1.807, 2.05) is 49.4 Å². The number of hydrazine groups is 1. The maximum Gasteiger partial charge on any atom is 0.276 e. The van der Waals surface area contributed by atoms with Gasteiger partial charge in [-0.1, -0.05) is 36.4 Å². The molecule has 0 atom stereocenters. The van der Waals surface area contributed by atoms with E-state index in [2.05, 4.69) is 32.1 Å². The summed E-state index contributed by atoms with van der Waals surface area (Å²) in [6.45, 7) is 1.76. The second-order valence-electron chi connectivity index (χ2n) is 5.44. The zero-order chi connectivity index (χ0) is 18.9. The molecule has 0 bridgehead atoms. The van der Waals surface area contributed by atoms with Gasteiger partial charge in [0.1, 0.15) is 5.75 Å². The molecule has 0 aliphatic heterocycles. The van der Waals surface area contributed by atoms with Crippen LogP contribution in [-0.4, -0.2) is 23.5 Å². The minimum atomic E-state index is -0.433. The van der Waals surface area contributed by atoms with Crippen LogP contribution in [0.5, 0.6) is 5.75 Å². The van der Waals surface area contributed by atoms with Crippen LogP contribution in [0.1, 0.15) is 11.1 Å². The SMILES string of the molecule is Cc1ccc(OCC(=O)NNC(=S)NC(=O)Cc2ccccc2)c(Br)c1. The molecule has 0 saturated heterocycles. The zero-order valence-electron chi connectivity index (χ0n) is 14.0. The summed E-state index contributed by atoms with van der Waals surface area (Å²) < 4.78 is 6.18. The lowest BCUT2D eigenvalue weighted by atomic mass is 10.1. The first kappa shape index (κ1) is 19.9. The van der Waals surface area contributed by atoms with Crippen molar-refractivity contribution in [1.29, 1.82) is 0 Å². The van der Waals surface area contributed by atoms with Crippen molar-refractivity contribution in [2.75, 3.05) is 6.61 Å². The van der Waals surface area contributed by atoms with Crippen molar-refractivity contribution in [1.82, 2.24) is 16.2 Å². The van der Waals surface area contributed by atoms with Crippen molar-refractivity contribution in [3.05, 3.63) is 64.1 Å². The van der Waals surface area contributed by atoms with Gasteiger partial charge in [0.15, 0.2) is 11.7 Å². The first-order chi connectivity index (χ1) is 12.4. The van der Waals surface area contributed by atoms with Crippen LogP contribution in [0.15, 0.2) is 53.0 Å². The number of aryl methyl sites for hydroxylation is 1. The van der Waals surface area contributed by atoms with Crippen LogP contribution in [-0.2, 0) is 16.0 Å². The number of halogens is 1. The van der Waals surface area contributed by atoms with E-state index in [0.29, 0.717) is 5.75 Å². The summed E-state index contributed by atoms with van der Waals surface area (Å²) in [6.07, 6.45) is 0.196.